The van der Waals surface area contributed by atoms with Crippen molar-refractivity contribution in [2.24, 2.45) is 0 Å². The van der Waals surface area contributed by atoms with Gasteiger partial charge in [0.1, 0.15) is 5.01 Å². The van der Waals surface area contributed by atoms with Crippen LogP contribution in [0.4, 0.5) is 5.13 Å². The van der Waals surface area contributed by atoms with E-state index >= 15 is 0 Å². The van der Waals surface area contributed by atoms with Crippen LogP contribution in [-0.2, 0) is 0 Å². The van der Waals surface area contributed by atoms with E-state index in [-0.39, 0.29) is 5.91 Å². The molecule has 1 aromatic heterocycles. The number of aromatic nitrogens is 2. The monoisotopic (exact) mass is 363 g/mol. The van der Waals surface area contributed by atoms with Gasteiger partial charge in [-0.1, -0.05) is 58.8 Å². The molecule has 23 heavy (non-hydrogen) atoms. The number of amides is 1. The fourth-order valence-corrected chi connectivity index (χ4v) is 3.36. The molecule has 0 aliphatic heterocycles. The van der Waals surface area contributed by atoms with Gasteiger partial charge in [0.05, 0.1) is 10.6 Å². The van der Waals surface area contributed by atoms with Crippen LogP contribution in [0.2, 0.25) is 10.0 Å². The van der Waals surface area contributed by atoms with Gasteiger partial charge < -0.3 is 0 Å². The molecule has 0 saturated heterocycles. The molecule has 7 heteroatoms. The van der Waals surface area contributed by atoms with Crippen molar-refractivity contribution in [1.29, 1.82) is 0 Å². The zero-order valence-corrected chi connectivity index (χ0v) is 14.3. The zero-order chi connectivity index (χ0) is 16.4. The SMILES string of the molecule is Cc1ccccc1-c1nnc(NC(=O)c2ccc(Cl)cc2Cl)s1. The van der Waals surface area contributed by atoms with E-state index in [4.69, 9.17) is 23.2 Å². The average molecular weight is 364 g/mol. The molecule has 0 fully saturated rings. The number of halogens is 2. The summed E-state index contributed by atoms with van der Waals surface area (Å²) >= 11 is 13.2. The fourth-order valence-electron chi connectivity index (χ4n) is 2.03. The molecule has 3 aromatic rings. The van der Waals surface area contributed by atoms with Crippen molar-refractivity contribution in [1.82, 2.24) is 10.2 Å². The predicted molar refractivity (Wildman–Crippen MR) is 94.5 cm³/mol. The van der Waals surface area contributed by atoms with Gasteiger partial charge in [-0.05, 0) is 30.7 Å². The Morgan fingerprint density at radius 1 is 1.13 bits per heavy atom. The van der Waals surface area contributed by atoms with Gasteiger partial charge in [-0.2, -0.15) is 0 Å². The van der Waals surface area contributed by atoms with E-state index in [1.165, 1.54) is 17.4 Å². The number of carbonyl (C=O) groups is 1. The van der Waals surface area contributed by atoms with Crippen LogP contribution in [0.5, 0.6) is 0 Å². The van der Waals surface area contributed by atoms with Crippen molar-refractivity contribution in [3.05, 3.63) is 63.6 Å². The van der Waals surface area contributed by atoms with E-state index in [0.29, 0.717) is 20.7 Å². The minimum absolute atomic E-state index is 0.290. The molecule has 0 aliphatic rings. The lowest BCUT2D eigenvalue weighted by Crippen LogP contribution is -2.12. The summed E-state index contributed by atoms with van der Waals surface area (Å²) in [6.45, 7) is 2.00. The molecule has 0 aliphatic carbocycles. The summed E-state index contributed by atoms with van der Waals surface area (Å²) in [6.07, 6.45) is 0. The maximum Gasteiger partial charge on any atom is 0.259 e. The lowest BCUT2D eigenvalue weighted by Gasteiger charge is -2.03. The van der Waals surface area contributed by atoms with E-state index < -0.39 is 0 Å². The molecule has 4 nitrogen and oxygen atoms in total. The van der Waals surface area contributed by atoms with E-state index in [1.807, 2.05) is 31.2 Å². The summed E-state index contributed by atoms with van der Waals surface area (Å²) in [6, 6.07) is 12.6. The van der Waals surface area contributed by atoms with Crippen LogP contribution in [-0.4, -0.2) is 16.1 Å². The molecule has 116 valence electrons. The molecular weight excluding hydrogens is 353 g/mol. The van der Waals surface area contributed by atoms with Crippen LogP contribution < -0.4 is 5.32 Å². The highest BCUT2D eigenvalue weighted by Gasteiger charge is 2.14. The quantitative estimate of drug-likeness (QED) is 0.706. The van der Waals surface area contributed by atoms with Gasteiger partial charge in [0.15, 0.2) is 0 Å². The molecule has 0 saturated carbocycles. The highest BCUT2D eigenvalue weighted by molar-refractivity contribution is 7.18. The fraction of sp³-hybridized carbons (Fsp3) is 0.0625. The molecular formula is C16H11Cl2N3OS. The predicted octanol–water partition coefficient (Wildman–Crippen LogP) is 5.07. The smallest absolute Gasteiger partial charge is 0.259 e. The lowest BCUT2D eigenvalue weighted by atomic mass is 10.1. The number of anilines is 1. The molecule has 0 radical (unpaired) electrons. The summed E-state index contributed by atoms with van der Waals surface area (Å²) in [5.41, 5.74) is 2.43. The van der Waals surface area contributed by atoms with E-state index in [0.717, 1.165) is 16.1 Å². The van der Waals surface area contributed by atoms with Crippen molar-refractivity contribution in [3.8, 4) is 10.6 Å². The number of nitrogens with one attached hydrogen (secondary N) is 1. The molecule has 0 bridgehead atoms. The molecule has 1 N–H and O–H groups in total. The van der Waals surface area contributed by atoms with Crippen molar-refractivity contribution in [2.45, 2.75) is 6.92 Å². The van der Waals surface area contributed by atoms with Gasteiger partial charge in [0.2, 0.25) is 5.13 Å². The van der Waals surface area contributed by atoms with Crippen molar-refractivity contribution >= 4 is 45.6 Å². The largest absolute Gasteiger partial charge is 0.296 e. The molecule has 0 unspecified atom stereocenters. The molecule has 2 aromatic carbocycles. The second-order valence-electron chi connectivity index (χ2n) is 4.81. The number of carbonyl (C=O) groups excluding carboxylic acids is 1. The first-order chi connectivity index (χ1) is 11.0. The van der Waals surface area contributed by atoms with E-state index in [2.05, 4.69) is 15.5 Å². The Morgan fingerprint density at radius 2 is 1.91 bits per heavy atom. The standard InChI is InChI=1S/C16H11Cl2N3OS/c1-9-4-2-3-5-11(9)15-20-21-16(23-15)19-14(22)12-7-6-10(17)8-13(12)18/h2-8H,1H3,(H,19,21,22). The van der Waals surface area contributed by atoms with Gasteiger partial charge in [-0.25, -0.2) is 0 Å². The summed E-state index contributed by atoms with van der Waals surface area (Å²) in [5.74, 6) is -0.348. The van der Waals surface area contributed by atoms with Gasteiger partial charge in [0.25, 0.3) is 5.91 Å². The maximum atomic E-state index is 12.3. The van der Waals surface area contributed by atoms with Crippen LogP contribution in [0.1, 0.15) is 15.9 Å². The van der Waals surface area contributed by atoms with Crippen LogP contribution in [0.25, 0.3) is 10.6 Å². The van der Waals surface area contributed by atoms with Crippen LogP contribution in [0.3, 0.4) is 0 Å². The summed E-state index contributed by atoms with van der Waals surface area (Å²) < 4.78 is 0. The Labute approximate surface area is 147 Å². The average Bonchev–Trinajstić information content (AvgIpc) is 2.95. The van der Waals surface area contributed by atoms with Gasteiger partial charge >= 0.3 is 0 Å². The van der Waals surface area contributed by atoms with E-state index in [9.17, 15) is 4.79 Å². The topological polar surface area (TPSA) is 54.9 Å². The Bertz CT molecular complexity index is 879. The zero-order valence-electron chi connectivity index (χ0n) is 12.0. The molecule has 1 amide bonds. The van der Waals surface area contributed by atoms with Gasteiger partial charge in [-0.3, -0.25) is 10.1 Å². The molecule has 1 heterocycles. The number of nitrogens with zero attached hydrogens (tertiary/aromatic N) is 2. The number of hydrogen-bond donors (Lipinski definition) is 1. The number of hydrogen-bond acceptors (Lipinski definition) is 4. The van der Waals surface area contributed by atoms with Gasteiger partial charge in [0, 0.05) is 10.6 Å². The first-order valence-corrected chi connectivity index (χ1v) is 8.28. The second kappa shape index (κ2) is 6.66. The Morgan fingerprint density at radius 3 is 2.65 bits per heavy atom. The molecule has 0 spiro atoms. The Kier molecular flexibility index (Phi) is 4.61. The van der Waals surface area contributed by atoms with Crippen molar-refractivity contribution in [2.75, 3.05) is 5.32 Å². The minimum atomic E-state index is -0.348. The van der Waals surface area contributed by atoms with E-state index in [1.54, 1.807) is 12.1 Å². The third kappa shape index (κ3) is 3.52. The highest BCUT2D eigenvalue weighted by Crippen LogP contribution is 2.29. The lowest BCUT2D eigenvalue weighted by molar-refractivity contribution is 0.102. The first kappa shape index (κ1) is 15.9. The normalized spacial score (nSPS) is 10.6. The summed E-state index contributed by atoms with van der Waals surface area (Å²) in [4.78, 5) is 12.3. The number of benzene rings is 2. The van der Waals surface area contributed by atoms with Gasteiger partial charge in [-0.15, -0.1) is 10.2 Å². The third-order valence-electron chi connectivity index (χ3n) is 3.20. The second-order valence-corrected chi connectivity index (χ2v) is 6.63. The van der Waals surface area contributed by atoms with Crippen LogP contribution in [0, 0.1) is 6.92 Å². The number of rotatable bonds is 3. The summed E-state index contributed by atoms with van der Waals surface area (Å²) in [7, 11) is 0. The Balaban J connectivity index is 1.82. The third-order valence-corrected chi connectivity index (χ3v) is 4.62. The maximum absolute atomic E-state index is 12.3. The molecule has 3 rings (SSSR count). The van der Waals surface area contributed by atoms with Crippen LogP contribution >= 0.6 is 34.5 Å². The van der Waals surface area contributed by atoms with Crippen molar-refractivity contribution in [3.63, 3.8) is 0 Å². The Hall–Kier alpha value is -1.95. The summed E-state index contributed by atoms with van der Waals surface area (Å²) in [5, 5.41) is 12.8. The van der Waals surface area contributed by atoms with Crippen molar-refractivity contribution < 1.29 is 4.79 Å². The minimum Gasteiger partial charge on any atom is -0.296 e. The first-order valence-electron chi connectivity index (χ1n) is 6.70. The number of aryl methyl sites for hydroxylation is 1. The van der Waals surface area contributed by atoms with Crippen LogP contribution in [0.15, 0.2) is 42.5 Å². The molecule has 0 atom stereocenters. The highest BCUT2D eigenvalue weighted by atomic mass is 35.5.